The van der Waals surface area contributed by atoms with Crippen molar-refractivity contribution in [1.82, 2.24) is 14.5 Å². The van der Waals surface area contributed by atoms with Gasteiger partial charge >= 0.3 is 6.03 Å². The standard InChI is InChI=1S/C27H23F2N5O3/c1-17-30-16-22(31(17)3)32-11-12-33-26(37)34(23(35)15-27(33,2)25(32)36)24-20(28)13-19(14-21(24)29)10-9-18-7-5-4-6-8-18/h4-8,13-14,16H,11-12,15H2,1-3H3. The zero-order valence-electron chi connectivity index (χ0n) is 20.5. The molecule has 1 aromatic heterocycles. The van der Waals surface area contributed by atoms with Crippen molar-refractivity contribution >= 4 is 29.4 Å². The SMILES string of the molecule is Cc1ncc(N2CCN3C(=O)N(c4c(F)cc(C#Cc5ccccc5)cc4F)C(=O)CC3(C)C2=O)n1C. The number of rotatable bonds is 2. The third kappa shape index (κ3) is 3.93. The number of imide groups is 1. The second-order valence-corrected chi connectivity index (χ2v) is 9.20. The van der Waals surface area contributed by atoms with Gasteiger partial charge in [0.1, 0.15) is 22.9 Å². The topological polar surface area (TPSA) is 78.8 Å². The van der Waals surface area contributed by atoms with Gasteiger partial charge in [-0.25, -0.2) is 23.5 Å². The average molecular weight is 504 g/mol. The van der Waals surface area contributed by atoms with Crippen molar-refractivity contribution in [2.45, 2.75) is 25.8 Å². The molecule has 0 saturated carbocycles. The first-order chi connectivity index (χ1) is 17.6. The van der Waals surface area contributed by atoms with Gasteiger partial charge in [0.2, 0.25) is 5.91 Å². The van der Waals surface area contributed by atoms with Crippen molar-refractivity contribution < 1.29 is 23.2 Å². The van der Waals surface area contributed by atoms with Gasteiger partial charge in [0.05, 0.1) is 12.6 Å². The Morgan fingerprint density at radius 1 is 0.973 bits per heavy atom. The van der Waals surface area contributed by atoms with E-state index in [0.717, 1.165) is 12.1 Å². The van der Waals surface area contributed by atoms with Gasteiger partial charge in [-0.1, -0.05) is 30.0 Å². The van der Waals surface area contributed by atoms with Crippen molar-refractivity contribution in [2.24, 2.45) is 7.05 Å². The Bertz CT molecular complexity index is 1480. The monoisotopic (exact) mass is 503 g/mol. The Hall–Kier alpha value is -4.52. The van der Waals surface area contributed by atoms with Crippen LogP contribution in [0.1, 0.15) is 30.3 Å². The number of fused-ring (bicyclic) bond motifs is 1. The van der Waals surface area contributed by atoms with Crippen LogP contribution in [0.2, 0.25) is 0 Å². The Kier molecular flexibility index (Phi) is 5.79. The first kappa shape index (κ1) is 24.2. The minimum absolute atomic E-state index is 0.0552. The lowest BCUT2D eigenvalue weighted by Gasteiger charge is -2.51. The summed E-state index contributed by atoms with van der Waals surface area (Å²) in [7, 11) is 1.76. The lowest BCUT2D eigenvalue weighted by atomic mass is 9.88. The van der Waals surface area contributed by atoms with E-state index in [2.05, 4.69) is 16.8 Å². The van der Waals surface area contributed by atoms with Crippen LogP contribution in [0.3, 0.4) is 0 Å². The van der Waals surface area contributed by atoms with Gasteiger partial charge in [-0.15, -0.1) is 0 Å². The summed E-state index contributed by atoms with van der Waals surface area (Å²) >= 11 is 0. The van der Waals surface area contributed by atoms with Crippen LogP contribution in [0.25, 0.3) is 0 Å². The Morgan fingerprint density at radius 3 is 2.24 bits per heavy atom. The molecule has 0 aliphatic carbocycles. The quantitative estimate of drug-likeness (QED) is 0.503. The fourth-order valence-corrected chi connectivity index (χ4v) is 4.73. The highest BCUT2D eigenvalue weighted by Gasteiger charge is 2.56. The number of hydrogen-bond acceptors (Lipinski definition) is 4. The van der Waals surface area contributed by atoms with Crippen LogP contribution in [-0.4, -0.2) is 50.9 Å². The minimum atomic E-state index is -1.50. The van der Waals surface area contributed by atoms with E-state index in [-0.39, 0.29) is 18.7 Å². The molecule has 37 heavy (non-hydrogen) atoms. The van der Waals surface area contributed by atoms with Gasteiger partial charge in [-0.05, 0) is 38.1 Å². The van der Waals surface area contributed by atoms with E-state index in [1.165, 1.54) is 16.7 Å². The fraction of sp³-hybridized carbons (Fsp3) is 0.259. The number of urea groups is 1. The molecule has 1 unspecified atom stereocenters. The number of benzene rings is 2. The number of amides is 4. The van der Waals surface area contributed by atoms with Crippen LogP contribution in [0.4, 0.5) is 25.1 Å². The van der Waals surface area contributed by atoms with Crippen LogP contribution in [0, 0.1) is 30.4 Å². The molecule has 4 amide bonds. The van der Waals surface area contributed by atoms with Gasteiger partial charge in [0, 0.05) is 31.3 Å². The highest BCUT2D eigenvalue weighted by Crippen LogP contribution is 2.38. The molecule has 2 saturated heterocycles. The van der Waals surface area contributed by atoms with E-state index < -0.39 is 47.1 Å². The zero-order valence-corrected chi connectivity index (χ0v) is 20.5. The van der Waals surface area contributed by atoms with E-state index >= 15 is 8.78 Å². The average Bonchev–Trinajstić information content (AvgIpc) is 3.19. The molecule has 0 radical (unpaired) electrons. The molecule has 8 nitrogen and oxygen atoms in total. The minimum Gasteiger partial charge on any atom is -0.318 e. The van der Waals surface area contributed by atoms with Gasteiger partial charge in [0.15, 0.2) is 11.6 Å². The van der Waals surface area contributed by atoms with Crippen LogP contribution in [-0.2, 0) is 16.6 Å². The Morgan fingerprint density at radius 2 is 1.62 bits per heavy atom. The lowest BCUT2D eigenvalue weighted by molar-refractivity contribution is -0.137. The molecule has 2 fully saturated rings. The van der Waals surface area contributed by atoms with E-state index in [1.807, 2.05) is 6.07 Å². The molecule has 2 aliphatic heterocycles. The number of carbonyl (C=O) groups is 3. The van der Waals surface area contributed by atoms with Crippen LogP contribution < -0.4 is 9.80 Å². The first-order valence-corrected chi connectivity index (χ1v) is 11.6. The Labute approximate surface area is 212 Å². The summed E-state index contributed by atoms with van der Waals surface area (Å²) in [6.45, 7) is 3.49. The zero-order chi connectivity index (χ0) is 26.5. The number of aryl methyl sites for hydroxylation is 1. The second-order valence-electron chi connectivity index (χ2n) is 9.20. The maximum Gasteiger partial charge on any atom is 0.332 e. The molecular formula is C27H23F2N5O3. The number of hydrogen-bond donors (Lipinski definition) is 0. The molecule has 0 N–H and O–H groups in total. The van der Waals surface area contributed by atoms with Gasteiger partial charge in [0.25, 0.3) is 5.91 Å². The molecule has 0 bridgehead atoms. The highest BCUT2D eigenvalue weighted by atomic mass is 19.1. The molecule has 10 heteroatoms. The molecule has 188 valence electrons. The van der Waals surface area contributed by atoms with E-state index in [1.54, 1.807) is 49.0 Å². The summed E-state index contributed by atoms with van der Waals surface area (Å²) in [5.74, 6) is 3.20. The number of aromatic nitrogens is 2. The number of carbonyl (C=O) groups excluding carboxylic acids is 3. The fourth-order valence-electron chi connectivity index (χ4n) is 4.73. The Balaban J connectivity index is 1.45. The predicted octanol–water partition coefficient (Wildman–Crippen LogP) is 3.37. The highest BCUT2D eigenvalue weighted by molar-refractivity contribution is 6.20. The third-order valence-corrected chi connectivity index (χ3v) is 6.85. The summed E-state index contributed by atoms with van der Waals surface area (Å²) in [5, 5.41) is 0. The summed E-state index contributed by atoms with van der Waals surface area (Å²) in [6, 6.07) is 9.93. The molecule has 3 aromatic rings. The van der Waals surface area contributed by atoms with E-state index in [0.29, 0.717) is 22.1 Å². The van der Waals surface area contributed by atoms with E-state index in [9.17, 15) is 14.4 Å². The second kappa shape index (κ2) is 8.85. The number of imidazole rings is 1. The lowest BCUT2D eigenvalue weighted by Crippen LogP contribution is -2.73. The summed E-state index contributed by atoms with van der Waals surface area (Å²) in [4.78, 5) is 47.5. The predicted molar refractivity (Wildman–Crippen MR) is 132 cm³/mol. The van der Waals surface area contributed by atoms with Gasteiger partial charge in [-0.2, -0.15) is 0 Å². The van der Waals surface area contributed by atoms with E-state index in [4.69, 9.17) is 0 Å². The molecule has 3 heterocycles. The van der Waals surface area contributed by atoms with Crippen LogP contribution in [0.5, 0.6) is 0 Å². The number of anilines is 2. The van der Waals surface area contributed by atoms with Crippen molar-refractivity contribution in [2.75, 3.05) is 22.9 Å². The van der Waals surface area contributed by atoms with Crippen molar-refractivity contribution in [1.29, 1.82) is 0 Å². The molecule has 2 aliphatic rings. The molecule has 5 rings (SSSR count). The van der Waals surface area contributed by atoms with Crippen molar-refractivity contribution in [3.8, 4) is 11.8 Å². The smallest absolute Gasteiger partial charge is 0.318 e. The largest absolute Gasteiger partial charge is 0.332 e. The maximum absolute atomic E-state index is 15.1. The normalized spacial score (nSPS) is 19.6. The van der Waals surface area contributed by atoms with Crippen molar-refractivity contribution in [3.63, 3.8) is 0 Å². The maximum atomic E-state index is 15.1. The number of piperazine rings is 1. The number of nitrogens with zero attached hydrogens (tertiary/aromatic N) is 5. The summed E-state index contributed by atoms with van der Waals surface area (Å²) < 4.78 is 32.0. The molecule has 1 atom stereocenters. The number of halogens is 2. The molecule has 0 spiro atoms. The third-order valence-electron chi connectivity index (χ3n) is 6.85. The molecule has 2 aromatic carbocycles. The molecular weight excluding hydrogens is 480 g/mol. The van der Waals surface area contributed by atoms with Crippen LogP contribution >= 0.6 is 0 Å². The first-order valence-electron chi connectivity index (χ1n) is 11.6. The van der Waals surface area contributed by atoms with Crippen molar-refractivity contribution in [3.05, 3.63) is 77.2 Å². The summed E-state index contributed by atoms with van der Waals surface area (Å²) in [5.41, 5.74) is -1.56. The van der Waals surface area contributed by atoms with Gasteiger partial charge < -0.3 is 9.47 Å². The van der Waals surface area contributed by atoms with Crippen LogP contribution in [0.15, 0.2) is 48.7 Å². The summed E-state index contributed by atoms with van der Waals surface area (Å²) in [6.07, 6.45) is 1.12. The van der Waals surface area contributed by atoms with Gasteiger partial charge in [-0.3, -0.25) is 14.5 Å².